The van der Waals surface area contributed by atoms with Gasteiger partial charge in [0.2, 0.25) is 0 Å². The first kappa shape index (κ1) is 17.4. The monoisotopic (exact) mass is 346 g/mol. The van der Waals surface area contributed by atoms with Crippen LogP contribution in [0.4, 0.5) is 0 Å². The lowest BCUT2D eigenvalue weighted by Gasteiger charge is -2.58. The van der Waals surface area contributed by atoms with Gasteiger partial charge >= 0.3 is 0 Å². The Balaban J connectivity index is 1.68. The summed E-state index contributed by atoms with van der Waals surface area (Å²) in [6.07, 6.45) is 8.72. The number of fused-ring (bicyclic) bond motifs is 5. The van der Waals surface area contributed by atoms with Crippen LogP contribution in [0.3, 0.4) is 0 Å². The summed E-state index contributed by atoms with van der Waals surface area (Å²) in [4.78, 5) is 24.2. The molecular formula is C21H30O4. The van der Waals surface area contributed by atoms with Gasteiger partial charge in [-0.25, -0.2) is 0 Å². The molecular weight excluding hydrogens is 316 g/mol. The van der Waals surface area contributed by atoms with Crippen LogP contribution in [0.25, 0.3) is 0 Å². The predicted octanol–water partition coefficient (Wildman–Crippen LogP) is 2.81. The predicted molar refractivity (Wildman–Crippen MR) is 93.8 cm³/mol. The maximum atomic E-state index is 12.3. The summed E-state index contributed by atoms with van der Waals surface area (Å²) >= 11 is 0. The highest BCUT2D eigenvalue weighted by Crippen LogP contribution is 2.67. The van der Waals surface area contributed by atoms with E-state index in [-0.39, 0.29) is 11.2 Å². The molecule has 0 saturated heterocycles. The van der Waals surface area contributed by atoms with Gasteiger partial charge in [-0.2, -0.15) is 0 Å². The minimum atomic E-state index is -1.36. The summed E-state index contributed by atoms with van der Waals surface area (Å²) in [5.41, 5.74) is -0.333. The fourth-order valence-electron chi connectivity index (χ4n) is 7.16. The largest absolute Gasteiger partial charge is 0.388 e. The Hall–Kier alpha value is -1.00. The van der Waals surface area contributed by atoms with Crippen molar-refractivity contribution in [1.82, 2.24) is 0 Å². The second kappa shape index (κ2) is 5.50. The van der Waals surface area contributed by atoms with Crippen molar-refractivity contribution >= 4 is 11.6 Å². The van der Waals surface area contributed by atoms with Gasteiger partial charge in [0.25, 0.3) is 0 Å². The highest BCUT2D eigenvalue weighted by atomic mass is 16.3. The third-order valence-electron chi connectivity index (χ3n) is 8.72. The lowest BCUT2D eigenvalue weighted by atomic mass is 9.46. The van der Waals surface area contributed by atoms with E-state index in [1.165, 1.54) is 5.57 Å². The van der Waals surface area contributed by atoms with Crippen LogP contribution in [-0.2, 0) is 9.59 Å². The molecule has 0 aromatic rings. The second-order valence-electron chi connectivity index (χ2n) is 9.41. The molecule has 25 heavy (non-hydrogen) atoms. The number of aliphatic hydroxyl groups excluding tert-OH is 1. The van der Waals surface area contributed by atoms with Gasteiger partial charge in [-0.3, -0.25) is 9.59 Å². The van der Waals surface area contributed by atoms with Gasteiger partial charge in [-0.1, -0.05) is 19.4 Å². The lowest BCUT2D eigenvalue weighted by Crippen LogP contribution is -2.58. The van der Waals surface area contributed by atoms with Crippen molar-refractivity contribution in [2.75, 3.05) is 6.61 Å². The van der Waals surface area contributed by atoms with Crippen LogP contribution in [0.15, 0.2) is 11.6 Å². The summed E-state index contributed by atoms with van der Waals surface area (Å²) in [6.45, 7) is 3.84. The van der Waals surface area contributed by atoms with Crippen molar-refractivity contribution in [3.63, 3.8) is 0 Å². The van der Waals surface area contributed by atoms with Gasteiger partial charge in [-0.15, -0.1) is 0 Å². The van der Waals surface area contributed by atoms with Gasteiger partial charge in [0.1, 0.15) is 12.2 Å². The number of hydrogen-bond donors (Lipinski definition) is 2. The van der Waals surface area contributed by atoms with Crippen LogP contribution < -0.4 is 0 Å². The van der Waals surface area contributed by atoms with Crippen molar-refractivity contribution < 1.29 is 19.8 Å². The molecule has 4 rings (SSSR count). The summed E-state index contributed by atoms with van der Waals surface area (Å²) < 4.78 is 0. The van der Waals surface area contributed by atoms with Crippen LogP contribution in [-0.4, -0.2) is 34.0 Å². The molecule has 0 unspecified atom stereocenters. The fraction of sp³-hybridized carbons (Fsp3) is 0.810. The summed E-state index contributed by atoms with van der Waals surface area (Å²) in [7, 11) is 0. The zero-order chi connectivity index (χ0) is 18.0. The van der Waals surface area contributed by atoms with E-state index in [9.17, 15) is 19.8 Å². The Bertz CT molecular complexity index is 652. The molecule has 3 fully saturated rings. The molecule has 4 aliphatic carbocycles. The summed E-state index contributed by atoms with van der Waals surface area (Å²) in [5, 5.41) is 20.5. The van der Waals surface area contributed by atoms with E-state index in [0.29, 0.717) is 30.6 Å². The molecule has 0 spiro atoms. The molecule has 3 saturated carbocycles. The average Bonchev–Trinajstić information content (AvgIpc) is 2.87. The van der Waals surface area contributed by atoms with E-state index in [4.69, 9.17) is 0 Å². The Morgan fingerprint density at radius 3 is 2.56 bits per heavy atom. The molecule has 2 N–H and O–H groups in total. The van der Waals surface area contributed by atoms with Crippen molar-refractivity contribution in [3.8, 4) is 0 Å². The van der Waals surface area contributed by atoms with Gasteiger partial charge in [0, 0.05) is 11.8 Å². The number of carbonyl (C=O) groups is 2. The first-order valence-corrected chi connectivity index (χ1v) is 9.87. The normalized spacial score (nSPS) is 49.0. The molecule has 0 aliphatic heterocycles. The zero-order valence-corrected chi connectivity index (χ0v) is 15.4. The SMILES string of the molecule is C[C@]12CCC(=O)C=C1CC[C@H]1[C@H]2CC[C@@]2(C)[C@@H]1CC[C@]2(O)C(=O)CO. The summed E-state index contributed by atoms with van der Waals surface area (Å²) in [5.74, 6) is 1.26. The maximum Gasteiger partial charge on any atom is 0.190 e. The highest BCUT2D eigenvalue weighted by molar-refractivity contribution is 5.91. The van der Waals surface area contributed by atoms with Crippen molar-refractivity contribution in [3.05, 3.63) is 11.6 Å². The molecule has 0 radical (unpaired) electrons. The van der Waals surface area contributed by atoms with E-state index in [2.05, 4.69) is 13.8 Å². The third kappa shape index (κ3) is 2.13. The Labute approximate surface area is 149 Å². The third-order valence-corrected chi connectivity index (χ3v) is 8.72. The average molecular weight is 346 g/mol. The highest BCUT2D eigenvalue weighted by Gasteiger charge is 2.65. The second-order valence-corrected chi connectivity index (χ2v) is 9.41. The Kier molecular flexibility index (Phi) is 3.83. The minimum absolute atomic E-state index is 0.111. The molecule has 0 aromatic heterocycles. The van der Waals surface area contributed by atoms with Crippen LogP contribution in [0, 0.1) is 28.6 Å². The van der Waals surface area contributed by atoms with E-state index >= 15 is 0 Å². The van der Waals surface area contributed by atoms with Gasteiger partial charge in [0.15, 0.2) is 11.6 Å². The molecule has 4 heteroatoms. The number of allylic oxidation sites excluding steroid dienone is 1. The molecule has 0 bridgehead atoms. The maximum absolute atomic E-state index is 12.3. The molecule has 4 aliphatic rings. The quantitative estimate of drug-likeness (QED) is 0.806. The number of Topliss-reactive ketones (excluding diaryl/α,β-unsaturated/α-hetero) is 1. The van der Waals surface area contributed by atoms with Gasteiger partial charge in [0.05, 0.1) is 0 Å². The standard InChI is InChI=1S/C21H30O4/c1-19-8-5-14(23)11-13(19)3-4-15-16(19)6-9-20(2)17(15)7-10-21(20,25)18(24)12-22/h11,15-17,22,25H,3-10,12H2,1-2H3/t15-,16+,17+,19-,20-,21-/m0/s1. The molecule has 0 heterocycles. The smallest absolute Gasteiger partial charge is 0.190 e. The first-order valence-electron chi connectivity index (χ1n) is 9.87. The van der Waals surface area contributed by atoms with Crippen molar-refractivity contribution in [1.29, 1.82) is 0 Å². The zero-order valence-electron chi connectivity index (χ0n) is 15.4. The van der Waals surface area contributed by atoms with E-state index in [1.807, 2.05) is 6.08 Å². The molecule has 138 valence electrons. The van der Waals surface area contributed by atoms with Crippen LogP contribution in [0.1, 0.15) is 65.2 Å². The number of aliphatic hydroxyl groups is 2. The summed E-state index contributed by atoms with van der Waals surface area (Å²) in [6, 6.07) is 0. The fourth-order valence-corrected chi connectivity index (χ4v) is 7.16. The molecule has 0 aromatic carbocycles. The number of rotatable bonds is 2. The van der Waals surface area contributed by atoms with Crippen LogP contribution in [0.2, 0.25) is 0 Å². The minimum Gasteiger partial charge on any atom is -0.388 e. The van der Waals surface area contributed by atoms with E-state index in [1.54, 1.807) is 0 Å². The first-order chi connectivity index (χ1) is 11.8. The number of ketones is 2. The topological polar surface area (TPSA) is 74.6 Å². The van der Waals surface area contributed by atoms with E-state index < -0.39 is 23.4 Å². The molecule has 6 atom stereocenters. The lowest BCUT2D eigenvalue weighted by molar-refractivity contribution is -0.164. The van der Waals surface area contributed by atoms with Crippen LogP contribution in [0.5, 0.6) is 0 Å². The number of carbonyl (C=O) groups excluding carboxylic acids is 2. The number of hydrogen-bond acceptors (Lipinski definition) is 4. The Morgan fingerprint density at radius 2 is 1.84 bits per heavy atom. The Morgan fingerprint density at radius 1 is 1.12 bits per heavy atom. The van der Waals surface area contributed by atoms with E-state index in [0.717, 1.165) is 38.5 Å². The van der Waals surface area contributed by atoms with Crippen LogP contribution >= 0.6 is 0 Å². The van der Waals surface area contributed by atoms with Gasteiger partial charge < -0.3 is 10.2 Å². The van der Waals surface area contributed by atoms with Gasteiger partial charge in [-0.05, 0) is 74.2 Å². The molecule has 4 nitrogen and oxygen atoms in total. The van der Waals surface area contributed by atoms with Crippen molar-refractivity contribution in [2.45, 2.75) is 70.8 Å². The molecule has 0 amide bonds. The van der Waals surface area contributed by atoms with Crippen molar-refractivity contribution in [2.24, 2.45) is 28.6 Å².